The van der Waals surface area contributed by atoms with Gasteiger partial charge in [0.2, 0.25) is 0 Å². The van der Waals surface area contributed by atoms with Crippen LogP contribution in [0.3, 0.4) is 0 Å². The van der Waals surface area contributed by atoms with Gasteiger partial charge in [-0.3, -0.25) is 0 Å². The Balaban J connectivity index is 1.94. The number of ether oxygens (including phenoxy) is 2. The Kier molecular flexibility index (Phi) is 5.43. The summed E-state index contributed by atoms with van der Waals surface area (Å²) in [7, 11) is 0. The molecule has 4 heteroatoms. The van der Waals surface area contributed by atoms with Crippen LogP contribution < -0.4 is 14.8 Å². The summed E-state index contributed by atoms with van der Waals surface area (Å²) in [6.45, 7) is 5.52. The highest BCUT2D eigenvalue weighted by Crippen LogP contribution is 2.21. The van der Waals surface area contributed by atoms with Gasteiger partial charge in [0.25, 0.3) is 0 Å². The molecule has 0 heterocycles. The van der Waals surface area contributed by atoms with Crippen LogP contribution in [0, 0.1) is 5.82 Å². The number of benzene rings is 2. The zero-order valence-corrected chi connectivity index (χ0v) is 12.4. The second-order valence-corrected chi connectivity index (χ2v) is 4.51. The first kappa shape index (κ1) is 15.2. The first-order valence-electron chi connectivity index (χ1n) is 7.11. The molecule has 112 valence electrons. The molecule has 0 aliphatic carbocycles. The summed E-state index contributed by atoms with van der Waals surface area (Å²) >= 11 is 0. The molecule has 0 saturated carbocycles. The molecular formula is C17H20FNO2. The highest BCUT2D eigenvalue weighted by Gasteiger charge is 2.04. The molecule has 0 aliphatic rings. The molecular weight excluding hydrogens is 269 g/mol. The van der Waals surface area contributed by atoms with Crippen molar-refractivity contribution < 1.29 is 13.9 Å². The average molecular weight is 289 g/mol. The van der Waals surface area contributed by atoms with E-state index in [1.807, 2.05) is 44.2 Å². The Morgan fingerprint density at radius 3 is 2.29 bits per heavy atom. The van der Waals surface area contributed by atoms with Gasteiger partial charge in [0, 0.05) is 18.3 Å². The number of hydrogen-bond donors (Lipinski definition) is 1. The average Bonchev–Trinajstić information content (AvgIpc) is 2.49. The van der Waals surface area contributed by atoms with Gasteiger partial charge in [-0.1, -0.05) is 12.1 Å². The summed E-state index contributed by atoms with van der Waals surface area (Å²) in [5, 5.41) is 3.19. The van der Waals surface area contributed by atoms with Gasteiger partial charge < -0.3 is 14.8 Å². The fourth-order valence-electron chi connectivity index (χ4n) is 1.96. The molecule has 0 spiro atoms. The lowest BCUT2D eigenvalue weighted by Gasteiger charge is -2.10. The van der Waals surface area contributed by atoms with Gasteiger partial charge in [-0.2, -0.15) is 0 Å². The first-order valence-corrected chi connectivity index (χ1v) is 7.11. The van der Waals surface area contributed by atoms with Gasteiger partial charge in [0.05, 0.1) is 13.2 Å². The smallest absolute Gasteiger partial charge is 0.167 e. The SMILES string of the molecule is CCOc1ccc(CNc2ccc(OCC)c(F)c2)cc1. The van der Waals surface area contributed by atoms with Crippen molar-refractivity contribution in [1.82, 2.24) is 0 Å². The Labute approximate surface area is 124 Å². The predicted molar refractivity (Wildman–Crippen MR) is 82.5 cm³/mol. The predicted octanol–water partition coefficient (Wildman–Crippen LogP) is 4.24. The van der Waals surface area contributed by atoms with Crippen molar-refractivity contribution in [3.05, 3.63) is 53.8 Å². The summed E-state index contributed by atoms with van der Waals surface area (Å²) in [4.78, 5) is 0. The lowest BCUT2D eigenvalue weighted by atomic mass is 10.2. The van der Waals surface area contributed by atoms with E-state index in [2.05, 4.69) is 5.32 Å². The van der Waals surface area contributed by atoms with Crippen LogP contribution in [0.15, 0.2) is 42.5 Å². The molecule has 2 rings (SSSR count). The third-order valence-electron chi connectivity index (χ3n) is 2.96. The van der Waals surface area contributed by atoms with Crippen molar-refractivity contribution in [2.45, 2.75) is 20.4 Å². The number of anilines is 1. The van der Waals surface area contributed by atoms with E-state index in [9.17, 15) is 4.39 Å². The molecule has 0 aliphatic heterocycles. The minimum Gasteiger partial charge on any atom is -0.494 e. The molecule has 0 amide bonds. The summed E-state index contributed by atoms with van der Waals surface area (Å²) in [6.07, 6.45) is 0. The molecule has 3 nitrogen and oxygen atoms in total. The zero-order chi connectivity index (χ0) is 15.1. The standard InChI is InChI=1S/C17H20FNO2/c1-3-20-15-8-5-13(6-9-15)12-19-14-7-10-17(21-4-2)16(18)11-14/h5-11,19H,3-4,12H2,1-2H3. The normalized spacial score (nSPS) is 10.2. The number of nitrogens with one attached hydrogen (secondary N) is 1. The van der Waals surface area contributed by atoms with E-state index >= 15 is 0 Å². The van der Waals surface area contributed by atoms with E-state index in [4.69, 9.17) is 9.47 Å². The van der Waals surface area contributed by atoms with Gasteiger partial charge in [-0.15, -0.1) is 0 Å². The summed E-state index contributed by atoms with van der Waals surface area (Å²) in [5.41, 5.74) is 1.83. The maximum absolute atomic E-state index is 13.7. The molecule has 0 fully saturated rings. The van der Waals surface area contributed by atoms with Gasteiger partial charge in [0.15, 0.2) is 11.6 Å². The van der Waals surface area contributed by atoms with Crippen LogP contribution >= 0.6 is 0 Å². The van der Waals surface area contributed by atoms with Gasteiger partial charge in [0.1, 0.15) is 5.75 Å². The molecule has 0 aromatic heterocycles. The van der Waals surface area contributed by atoms with Crippen LogP contribution in [-0.2, 0) is 6.54 Å². The van der Waals surface area contributed by atoms with E-state index < -0.39 is 0 Å². The molecule has 0 unspecified atom stereocenters. The molecule has 0 saturated heterocycles. The molecule has 0 radical (unpaired) electrons. The Bertz CT molecular complexity index is 570. The Morgan fingerprint density at radius 1 is 0.952 bits per heavy atom. The number of rotatable bonds is 7. The molecule has 2 aromatic rings. The molecule has 0 bridgehead atoms. The summed E-state index contributed by atoms with van der Waals surface area (Å²) < 4.78 is 24.3. The fraction of sp³-hybridized carbons (Fsp3) is 0.294. The van der Waals surface area contributed by atoms with Crippen molar-refractivity contribution in [3.63, 3.8) is 0 Å². The second kappa shape index (κ2) is 7.53. The van der Waals surface area contributed by atoms with Crippen LogP contribution in [0.4, 0.5) is 10.1 Å². The van der Waals surface area contributed by atoms with Gasteiger partial charge in [-0.05, 0) is 43.7 Å². The first-order chi connectivity index (χ1) is 10.2. The topological polar surface area (TPSA) is 30.5 Å². The lowest BCUT2D eigenvalue weighted by molar-refractivity contribution is 0.321. The maximum atomic E-state index is 13.7. The van der Waals surface area contributed by atoms with Crippen LogP contribution in [0.5, 0.6) is 11.5 Å². The zero-order valence-electron chi connectivity index (χ0n) is 12.4. The summed E-state index contributed by atoms with van der Waals surface area (Å²) in [5.74, 6) is 0.783. The van der Waals surface area contributed by atoms with E-state index in [1.165, 1.54) is 6.07 Å². The second-order valence-electron chi connectivity index (χ2n) is 4.51. The third kappa shape index (κ3) is 4.38. The van der Waals surface area contributed by atoms with Gasteiger partial charge in [-0.25, -0.2) is 4.39 Å². The van der Waals surface area contributed by atoms with Crippen LogP contribution in [0.1, 0.15) is 19.4 Å². The van der Waals surface area contributed by atoms with Crippen molar-refractivity contribution >= 4 is 5.69 Å². The van der Waals surface area contributed by atoms with Crippen LogP contribution in [0.25, 0.3) is 0 Å². The monoisotopic (exact) mass is 289 g/mol. The number of hydrogen-bond acceptors (Lipinski definition) is 3. The van der Waals surface area contributed by atoms with Crippen molar-refractivity contribution in [2.24, 2.45) is 0 Å². The highest BCUT2D eigenvalue weighted by atomic mass is 19.1. The number of halogens is 1. The molecule has 21 heavy (non-hydrogen) atoms. The lowest BCUT2D eigenvalue weighted by Crippen LogP contribution is -2.01. The maximum Gasteiger partial charge on any atom is 0.167 e. The third-order valence-corrected chi connectivity index (χ3v) is 2.96. The minimum absolute atomic E-state index is 0.282. The van der Waals surface area contributed by atoms with Crippen LogP contribution in [-0.4, -0.2) is 13.2 Å². The largest absolute Gasteiger partial charge is 0.494 e. The van der Waals surface area contributed by atoms with E-state index in [-0.39, 0.29) is 11.6 Å². The fourth-order valence-corrected chi connectivity index (χ4v) is 1.96. The van der Waals surface area contributed by atoms with Crippen LogP contribution in [0.2, 0.25) is 0 Å². The van der Waals surface area contributed by atoms with Crippen molar-refractivity contribution in [1.29, 1.82) is 0 Å². The van der Waals surface area contributed by atoms with E-state index in [0.717, 1.165) is 17.0 Å². The molecule has 0 atom stereocenters. The van der Waals surface area contributed by atoms with Crippen molar-refractivity contribution in [3.8, 4) is 11.5 Å². The van der Waals surface area contributed by atoms with Gasteiger partial charge >= 0.3 is 0 Å². The molecule has 2 aromatic carbocycles. The Hall–Kier alpha value is -2.23. The Morgan fingerprint density at radius 2 is 1.67 bits per heavy atom. The van der Waals surface area contributed by atoms with E-state index in [1.54, 1.807) is 6.07 Å². The summed E-state index contributed by atoms with van der Waals surface area (Å²) in [6, 6.07) is 12.7. The van der Waals surface area contributed by atoms with Crippen molar-refractivity contribution in [2.75, 3.05) is 18.5 Å². The molecule has 1 N–H and O–H groups in total. The highest BCUT2D eigenvalue weighted by molar-refractivity contribution is 5.47. The minimum atomic E-state index is -0.353. The van der Waals surface area contributed by atoms with E-state index in [0.29, 0.717) is 19.8 Å². The quantitative estimate of drug-likeness (QED) is 0.827.